The molecule has 2 rings (SSSR count). The first kappa shape index (κ1) is 14.8. The molecular weight excluding hydrogens is 274 g/mol. The number of hydrogen-bond acceptors (Lipinski definition) is 5. The molecule has 0 saturated heterocycles. The molecule has 3 amide bonds. The van der Waals surface area contributed by atoms with Crippen LogP contribution in [0.1, 0.15) is 24.5 Å². The number of rotatable bonds is 3. The third kappa shape index (κ3) is 3.13. The van der Waals surface area contributed by atoms with Crippen molar-refractivity contribution in [3.8, 4) is 5.75 Å². The molecule has 7 heteroatoms. The fourth-order valence-corrected chi connectivity index (χ4v) is 2.21. The Balaban J connectivity index is 2.12. The zero-order chi connectivity index (χ0) is 15.4. The Kier molecular flexibility index (Phi) is 4.42. The Labute approximate surface area is 122 Å². The van der Waals surface area contributed by atoms with Crippen LogP contribution in [-0.2, 0) is 11.2 Å². The van der Waals surface area contributed by atoms with Gasteiger partial charge in [-0.3, -0.25) is 10.1 Å². The summed E-state index contributed by atoms with van der Waals surface area (Å²) in [5, 5.41) is 16.7. The molecule has 1 unspecified atom stereocenters. The second-order valence-electron chi connectivity index (χ2n) is 4.66. The quantitative estimate of drug-likeness (QED) is 0.572. The number of carbonyl (C=O) groups is 2. The SMILES string of the molecule is CNC(=O)NC(=O)C(C)Oc1cccc2c1CCC2=NO. The minimum absolute atomic E-state index is 0.527. The van der Waals surface area contributed by atoms with E-state index in [0.29, 0.717) is 24.3 Å². The molecule has 1 aromatic carbocycles. The van der Waals surface area contributed by atoms with E-state index in [-0.39, 0.29) is 0 Å². The molecule has 112 valence electrons. The second-order valence-corrected chi connectivity index (χ2v) is 4.66. The highest BCUT2D eigenvalue weighted by Crippen LogP contribution is 2.31. The van der Waals surface area contributed by atoms with Crippen LogP contribution in [0.2, 0.25) is 0 Å². The zero-order valence-corrected chi connectivity index (χ0v) is 11.8. The van der Waals surface area contributed by atoms with Gasteiger partial charge in [0.05, 0.1) is 5.71 Å². The van der Waals surface area contributed by atoms with Gasteiger partial charge >= 0.3 is 6.03 Å². The van der Waals surface area contributed by atoms with Crippen LogP contribution >= 0.6 is 0 Å². The predicted molar refractivity (Wildman–Crippen MR) is 75.8 cm³/mol. The Hall–Kier alpha value is -2.57. The van der Waals surface area contributed by atoms with Crippen molar-refractivity contribution in [2.24, 2.45) is 5.16 Å². The van der Waals surface area contributed by atoms with E-state index in [1.807, 2.05) is 6.07 Å². The fraction of sp³-hybridized carbons (Fsp3) is 0.357. The first-order valence-corrected chi connectivity index (χ1v) is 6.59. The smallest absolute Gasteiger partial charge is 0.321 e. The Morgan fingerprint density at radius 3 is 2.81 bits per heavy atom. The van der Waals surface area contributed by atoms with Crippen molar-refractivity contribution < 1.29 is 19.5 Å². The molecule has 7 nitrogen and oxygen atoms in total. The minimum atomic E-state index is -0.816. The monoisotopic (exact) mass is 291 g/mol. The lowest BCUT2D eigenvalue weighted by Crippen LogP contribution is -2.44. The Morgan fingerprint density at radius 1 is 1.38 bits per heavy atom. The summed E-state index contributed by atoms with van der Waals surface area (Å²) >= 11 is 0. The molecule has 0 heterocycles. The highest BCUT2D eigenvalue weighted by atomic mass is 16.5. The average Bonchev–Trinajstić information content (AvgIpc) is 2.91. The van der Waals surface area contributed by atoms with Crippen LogP contribution in [0, 0.1) is 0 Å². The van der Waals surface area contributed by atoms with Crippen molar-refractivity contribution in [2.45, 2.75) is 25.9 Å². The lowest BCUT2D eigenvalue weighted by Gasteiger charge is -2.16. The third-order valence-electron chi connectivity index (χ3n) is 3.31. The maximum Gasteiger partial charge on any atom is 0.321 e. The van der Waals surface area contributed by atoms with Gasteiger partial charge in [0.25, 0.3) is 5.91 Å². The van der Waals surface area contributed by atoms with Crippen molar-refractivity contribution in [1.29, 1.82) is 0 Å². The largest absolute Gasteiger partial charge is 0.481 e. The molecule has 1 aromatic rings. The molecule has 0 aliphatic heterocycles. The molecule has 0 spiro atoms. The molecule has 0 saturated carbocycles. The van der Waals surface area contributed by atoms with Crippen molar-refractivity contribution in [1.82, 2.24) is 10.6 Å². The first-order valence-electron chi connectivity index (χ1n) is 6.59. The normalized spacial score (nSPS) is 16.2. The zero-order valence-electron chi connectivity index (χ0n) is 11.8. The van der Waals surface area contributed by atoms with Gasteiger partial charge in [-0.2, -0.15) is 0 Å². The Morgan fingerprint density at radius 2 is 2.14 bits per heavy atom. The van der Waals surface area contributed by atoms with E-state index in [2.05, 4.69) is 15.8 Å². The number of urea groups is 1. The van der Waals surface area contributed by atoms with Crippen molar-refractivity contribution in [2.75, 3.05) is 7.05 Å². The number of hydrogen-bond donors (Lipinski definition) is 3. The van der Waals surface area contributed by atoms with Gasteiger partial charge in [-0.15, -0.1) is 0 Å². The number of benzene rings is 1. The standard InChI is InChI=1S/C14H17N3O4/c1-8(13(18)16-14(19)15-2)21-12-5-3-4-9-10(12)6-7-11(9)17-20/h3-5,8,20H,6-7H2,1-2H3,(H2,15,16,18,19). The van der Waals surface area contributed by atoms with Crippen molar-refractivity contribution in [3.05, 3.63) is 29.3 Å². The summed E-state index contributed by atoms with van der Waals surface area (Å²) in [5.41, 5.74) is 2.34. The van der Waals surface area contributed by atoms with E-state index in [1.54, 1.807) is 19.1 Å². The summed E-state index contributed by atoms with van der Waals surface area (Å²) in [6.45, 7) is 1.56. The number of fused-ring (bicyclic) bond motifs is 1. The molecule has 3 N–H and O–H groups in total. The van der Waals surface area contributed by atoms with Gasteiger partial charge in [0.15, 0.2) is 6.10 Å². The van der Waals surface area contributed by atoms with Crippen LogP contribution in [0.5, 0.6) is 5.75 Å². The van der Waals surface area contributed by atoms with Crippen molar-refractivity contribution >= 4 is 17.6 Å². The molecule has 1 aliphatic rings. The average molecular weight is 291 g/mol. The molecular formula is C14H17N3O4. The lowest BCUT2D eigenvalue weighted by atomic mass is 10.1. The number of amides is 3. The maximum absolute atomic E-state index is 11.8. The van der Waals surface area contributed by atoms with Gasteiger partial charge in [0.2, 0.25) is 0 Å². The topological polar surface area (TPSA) is 100 Å². The summed E-state index contributed by atoms with van der Waals surface area (Å²) in [5.74, 6) is 0.0340. The van der Waals surface area contributed by atoms with Gasteiger partial charge in [-0.25, -0.2) is 4.79 Å². The van der Waals surface area contributed by atoms with E-state index >= 15 is 0 Å². The predicted octanol–water partition coefficient (Wildman–Crippen LogP) is 1.03. The summed E-state index contributed by atoms with van der Waals surface area (Å²) in [6, 6.07) is 4.79. The number of nitrogens with one attached hydrogen (secondary N) is 2. The Bertz CT molecular complexity index is 598. The molecule has 0 bridgehead atoms. The van der Waals surface area contributed by atoms with Gasteiger partial charge in [-0.05, 0) is 25.8 Å². The first-order chi connectivity index (χ1) is 10.1. The number of oxime groups is 1. The minimum Gasteiger partial charge on any atom is -0.481 e. The van der Waals surface area contributed by atoms with Gasteiger partial charge in [-0.1, -0.05) is 17.3 Å². The molecule has 21 heavy (non-hydrogen) atoms. The van der Waals surface area contributed by atoms with Crippen LogP contribution in [-0.4, -0.2) is 36.0 Å². The van der Waals surface area contributed by atoms with Crippen LogP contribution in [0.15, 0.2) is 23.4 Å². The van der Waals surface area contributed by atoms with E-state index in [0.717, 1.165) is 11.1 Å². The van der Waals surface area contributed by atoms with E-state index in [4.69, 9.17) is 9.94 Å². The summed E-state index contributed by atoms with van der Waals surface area (Å²) in [6.07, 6.45) is 0.503. The molecule has 0 radical (unpaired) electrons. The van der Waals surface area contributed by atoms with E-state index in [9.17, 15) is 9.59 Å². The van der Waals surface area contributed by atoms with Gasteiger partial charge < -0.3 is 15.3 Å². The lowest BCUT2D eigenvalue weighted by molar-refractivity contribution is -0.126. The molecule has 1 atom stereocenters. The van der Waals surface area contributed by atoms with Crippen LogP contribution in [0.3, 0.4) is 0 Å². The fourth-order valence-electron chi connectivity index (χ4n) is 2.21. The van der Waals surface area contributed by atoms with Crippen molar-refractivity contribution in [3.63, 3.8) is 0 Å². The van der Waals surface area contributed by atoms with Crippen LogP contribution < -0.4 is 15.4 Å². The van der Waals surface area contributed by atoms with Gasteiger partial charge in [0, 0.05) is 18.2 Å². The highest BCUT2D eigenvalue weighted by molar-refractivity contribution is 6.04. The molecule has 1 aliphatic carbocycles. The molecule has 0 aromatic heterocycles. The molecule has 0 fully saturated rings. The number of carbonyl (C=O) groups excluding carboxylic acids is 2. The van der Waals surface area contributed by atoms with Gasteiger partial charge in [0.1, 0.15) is 5.75 Å². The highest BCUT2D eigenvalue weighted by Gasteiger charge is 2.24. The third-order valence-corrected chi connectivity index (χ3v) is 3.31. The summed E-state index contributed by atoms with van der Waals surface area (Å²) < 4.78 is 5.63. The number of nitrogens with zero attached hydrogens (tertiary/aromatic N) is 1. The second kappa shape index (κ2) is 6.25. The summed E-state index contributed by atoms with van der Waals surface area (Å²) in [7, 11) is 1.42. The van der Waals surface area contributed by atoms with E-state index in [1.165, 1.54) is 7.05 Å². The number of ether oxygens (including phenoxy) is 1. The maximum atomic E-state index is 11.8. The number of imide groups is 1. The summed E-state index contributed by atoms with van der Waals surface area (Å²) in [4.78, 5) is 22.9. The van der Waals surface area contributed by atoms with E-state index < -0.39 is 18.0 Å². The van der Waals surface area contributed by atoms with Crippen LogP contribution in [0.4, 0.5) is 4.79 Å². The van der Waals surface area contributed by atoms with Crippen LogP contribution in [0.25, 0.3) is 0 Å².